The van der Waals surface area contributed by atoms with E-state index >= 15 is 0 Å². The van der Waals surface area contributed by atoms with Gasteiger partial charge in [-0.3, -0.25) is 19.2 Å². The van der Waals surface area contributed by atoms with Gasteiger partial charge in [-0.15, -0.1) is 0 Å². The van der Waals surface area contributed by atoms with Crippen LogP contribution in [0.3, 0.4) is 0 Å². The summed E-state index contributed by atoms with van der Waals surface area (Å²) in [6.45, 7) is 18.6. The lowest BCUT2D eigenvalue weighted by Crippen LogP contribution is -2.61. The Kier molecular flexibility index (Phi) is 37.1. The normalized spacial score (nSPS) is 32.4. The summed E-state index contributed by atoms with van der Waals surface area (Å²) in [6.07, 6.45) is 7.06. The summed E-state index contributed by atoms with van der Waals surface area (Å²) in [4.78, 5) is 85.2. The van der Waals surface area contributed by atoms with Crippen LogP contribution >= 0.6 is 0 Å². The lowest BCUT2D eigenvalue weighted by Gasteiger charge is -2.42. The summed E-state index contributed by atoms with van der Waals surface area (Å²) < 4.78 is 68.1. The zero-order chi connectivity index (χ0) is 66.0. The second kappa shape index (κ2) is 42.8. The smallest absolute Gasteiger partial charge is 0.407 e. The van der Waals surface area contributed by atoms with Gasteiger partial charge in [0.2, 0.25) is 5.79 Å². The van der Waals surface area contributed by atoms with Crippen molar-refractivity contribution in [3.8, 4) is 0 Å². The molecule has 3 aliphatic heterocycles. The number of carbonyl (C=O) groups is 6. The quantitative estimate of drug-likeness (QED) is 0.0295. The molecule has 2 saturated heterocycles. The van der Waals surface area contributed by atoms with Crippen LogP contribution in [0.4, 0.5) is 4.79 Å². The van der Waals surface area contributed by atoms with Crippen molar-refractivity contribution < 1.29 is 101 Å². The third-order valence-corrected chi connectivity index (χ3v) is 17.2. The van der Waals surface area contributed by atoms with Gasteiger partial charge in [-0.2, -0.15) is 0 Å². The molecule has 0 aromatic carbocycles. The van der Waals surface area contributed by atoms with E-state index < -0.39 is 120 Å². The predicted octanol–water partition coefficient (Wildman–Crippen LogP) is 5.09. The number of aliphatic hydroxyl groups is 3. The number of cyclic esters (lactones) is 1. The molecule has 1 aliphatic carbocycles. The maximum atomic E-state index is 14.6. The number of carbonyl (C=O) groups excluding carboxylic acids is 6. The van der Waals surface area contributed by atoms with Gasteiger partial charge >= 0.3 is 12.1 Å². The fourth-order valence-corrected chi connectivity index (χ4v) is 11.7. The molecule has 514 valence electrons. The van der Waals surface area contributed by atoms with E-state index in [9.17, 15) is 44.1 Å². The predicted molar refractivity (Wildman–Crippen MR) is 333 cm³/mol. The second-order valence-corrected chi connectivity index (χ2v) is 24.2. The standard InChI is InChI=1S/C66H109N3O21/c1-10-81-26-27-83-30-31-85-34-35-87-37-36-86-33-32-84-29-28-82-25-23-68-65(77)89-55-22-20-50(41-58(55)80-9)40-52(67)57-43-54(70)46(4)39-48(6)60(72)61(73)59(71)47(5)38-44(2)16-12-11-13-17-45(3)56(79-8)42-51-21-19-49(7)66(78,90-51)62(74)63(75)69-24-15-14-18-53(69)64(76)88-57/h11-13,16-17,39,44,46-47,49-53,55-58,60-61,72-73,78H,10,14-15,18-38,40-43,67H2,1-9H3,(H,68,77)/b13-11+,16-12+,45-17+,48-39+/t44-,46-,47-,49-,50+,51+,52-,53+,55-,56+,57+,58-,60-,61+,66-/m1/s1. The SMILES string of the molecule is CCOCCOCCOCCOCCOCCOCCOCCNC(=O)O[C@@H]1CC[C@@H](C[C@@H](N)[C@@H]2CC(=O)[C@H](C)/C=C(\C)[C@@H](O)[C@@H](O)C(=O)[C@H](C)C[C@H](C)/C=C/C=C/C=C(\C)[C@@H](OC)C[C@@H]3CC[C@@H](C)[C@@](O)(O3)C(=O)C(=O)N3CCCC[C@H]3C(=O)O2)C[C@H]1OC. The van der Waals surface area contributed by atoms with Gasteiger partial charge in [0.05, 0.1) is 104 Å². The fraction of sp³-hybridized carbons (Fsp3) is 0.788. The van der Waals surface area contributed by atoms with E-state index in [0.29, 0.717) is 137 Å². The van der Waals surface area contributed by atoms with Crippen LogP contribution in [0.2, 0.25) is 0 Å². The van der Waals surface area contributed by atoms with Crippen LogP contribution in [0.1, 0.15) is 126 Å². The van der Waals surface area contributed by atoms with Crippen molar-refractivity contribution in [2.24, 2.45) is 35.3 Å². The van der Waals surface area contributed by atoms with Crippen molar-refractivity contribution >= 4 is 35.3 Å². The van der Waals surface area contributed by atoms with Crippen molar-refractivity contribution in [2.75, 3.05) is 120 Å². The number of rotatable bonds is 28. The Morgan fingerprint density at radius 3 is 1.93 bits per heavy atom. The summed E-state index contributed by atoms with van der Waals surface area (Å²) in [5.74, 6) is -9.18. The molecule has 0 radical (unpaired) electrons. The average molecular weight is 1280 g/mol. The Hall–Kier alpha value is -4.38. The Balaban J connectivity index is 1.37. The van der Waals surface area contributed by atoms with Crippen molar-refractivity contribution in [3.63, 3.8) is 0 Å². The van der Waals surface area contributed by atoms with Crippen molar-refractivity contribution in [2.45, 2.75) is 186 Å². The zero-order valence-corrected chi connectivity index (χ0v) is 55.1. The number of hydrogen-bond donors (Lipinski definition) is 5. The number of ether oxygens (including phenoxy) is 12. The number of methoxy groups -OCH3 is 2. The molecule has 2 amide bonds. The molecule has 90 heavy (non-hydrogen) atoms. The van der Waals surface area contributed by atoms with E-state index in [2.05, 4.69) is 5.32 Å². The fourth-order valence-electron chi connectivity index (χ4n) is 11.7. The van der Waals surface area contributed by atoms with Gasteiger partial charge in [0, 0.05) is 70.6 Å². The number of aliphatic hydroxyl groups excluding tert-OH is 2. The van der Waals surface area contributed by atoms with E-state index in [-0.39, 0.29) is 56.4 Å². The first-order valence-electron chi connectivity index (χ1n) is 32.5. The number of nitrogens with two attached hydrogens (primary N) is 1. The lowest BCUT2D eigenvalue weighted by atomic mass is 9.80. The number of alkyl carbamates (subject to hydrolysis) is 1. The molecule has 4 aliphatic rings. The van der Waals surface area contributed by atoms with Crippen LogP contribution in [0.5, 0.6) is 0 Å². The summed E-state index contributed by atoms with van der Waals surface area (Å²) in [6, 6.07) is -2.22. The molecule has 0 aromatic heterocycles. The topological polar surface area (TPSA) is 315 Å². The van der Waals surface area contributed by atoms with Crippen LogP contribution in [0.25, 0.3) is 0 Å². The van der Waals surface area contributed by atoms with Crippen LogP contribution in [0.15, 0.2) is 47.6 Å². The monoisotopic (exact) mass is 1280 g/mol. The molecule has 0 spiro atoms. The van der Waals surface area contributed by atoms with Crippen molar-refractivity contribution in [3.05, 3.63) is 47.6 Å². The van der Waals surface area contributed by atoms with Gasteiger partial charge in [0.15, 0.2) is 5.78 Å². The molecule has 4 rings (SSSR count). The number of allylic oxidation sites excluding steroid dienone is 6. The second-order valence-electron chi connectivity index (χ2n) is 24.2. The third kappa shape index (κ3) is 26.9. The minimum atomic E-state index is -2.50. The molecule has 2 bridgehead atoms. The molecule has 1 saturated carbocycles. The number of nitrogens with one attached hydrogen (secondary N) is 1. The highest BCUT2D eigenvalue weighted by molar-refractivity contribution is 6.39. The number of fused-ring (bicyclic) bond motifs is 3. The summed E-state index contributed by atoms with van der Waals surface area (Å²) in [5.41, 5.74) is 8.00. The number of nitrogens with zero attached hydrogens (tertiary/aromatic N) is 1. The molecule has 0 unspecified atom stereocenters. The maximum absolute atomic E-state index is 14.6. The number of ketones is 3. The van der Waals surface area contributed by atoms with Gasteiger partial charge in [-0.1, -0.05) is 64.2 Å². The number of Topliss-reactive ketones (excluding diaryl/α,β-unsaturated/α-hetero) is 3. The van der Waals surface area contributed by atoms with Gasteiger partial charge in [0.1, 0.15) is 36.2 Å². The molecule has 3 heterocycles. The van der Waals surface area contributed by atoms with Crippen LogP contribution < -0.4 is 11.1 Å². The van der Waals surface area contributed by atoms with Crippen LogP contribution in [0, 0.1) is 29.6 Å². The third-order valence-electron chi connectivity index (χ3n) is 17.2. The zero-order valence-electron chi connectivity index (χ0n) is 55.1. The van der Waals surface area contributed by atoms with E-state index in [1.165, 1.54) is 20.1 Å². The molecule has 15 atom stereocenters. The highest BCUT2D eigenvalue weighted by Gasteiger charge is 2.53. The number of hydrogen-bond acceptors (Lipinski definition) is 22. The van der Waals surface area contributed by atoms with Crippen molar-refractivity contribution in [1.82, 2.24) is 10.2 Å². The lowest BCUT2D eigenvalue weighted by molar-refractivity contribution is -0.265. The molecule has 0 aromatic rings. The number of amides is 2. The van der Waals surface area contributed by atoms with Gasteiger partial charge in [0.25, 0.3) is 11.7 Å². The van der Waals surface area contributed by atoms with E-state index in [4.69, 9.17) is 62.6 Å². The highest BCUT2D eigenvalue weighted by Crippen LogP contribution is 2.37. The first-order chi connectivity index (χ1) is 43.1. The molecular formula is C66H109N3O21. The summed E-state index contributed by atoms with van der Waals surface area (Å²) >= 11 is 0. The van der Waals surface area contributed by atoms with E-state index in [1.807, 2.05) is 51.2 Å². The Morgan fingerprint density at radius 2 is 1.33 bits per heavy atom. The molecule has 24 heteroatoms. The number of esters is 1. The minimum Gasteiger partial charge on any atom is -0.459 e. The minimum absolute atomic E-state index is 0.00842. The van der Waals surface area contributed by atoms with Gasteiger partial charge in [-0.05, 0) is 108 Å². The molecular weight excluding hydrogens is 1170 g/mol. The van der Waals surface area contributed by atoms with E-state index in [0.717, 1.165) is 10.5 Å². The van der Waals surface area contributed by atoms with Crippen molar-refractivity contribution in [1.29, 1.82) is 0 Å². The van der Waals surface area contributed by atoms with Crippen LogP contribution in [-0.2, 0) is 80.8 Å². The Bertz CT molecular complexity index is 2280. The number of piperidine rings is 1. The molecule has 24 nitrogen and oxygen atoms in total. The highest BCUT2D eigenvalue weighted by atomic mass is 16.6. The first kappa shape index (κ1) is 78.1. The summed E-state index contributed by atoms with van der Waals surface area (Å²) in [5, 5.41) is 37.1. The van der Waals surface area contributed by atoms with Gasteiger partial charge < -0.3 is 88.1 Å². The Labute approximate surface area is 533 Å². The molecule has 3 fully saturated rings. The van der Waals surface area contributed by atoms with Gasteiger partial charge in [-0.25, -0.2) is 9.59 Å². The Morgan fingerprint density at radius 1 is 0.722 bits per heavy atom. The summed E-state index contributed by atoms with van der Waals surface area (Å²) in [7, 11) is 3.07. The first-order valence-corrected chi connectivity index (χ1v) is 32.5. The largest absolute Gasteiger partial charge is 0.459 e. The van der Waals surface area contributed by atoms with E-state index in [1.54, 1.807) is 27.9 Å². The maximum Gasteiger partial charge on any atom is 0.407 e. The van der Waals surface area contributed by atoms with Crippen LogP contribution in [-0.4, -0.2) is 236 Å². The molecule has 6 N–H and O–H groups in total. The average Bonchev–Trinajstić information content (AvgIpc) is 0.874.